The van der Waals surface area contributed by atoms with Gasteiger partial charge >= 0.3 is 0 Å². The van der Waals surface area contributed by atoms with Crippen LogP contribution in [0.4, 0.5) is 10.2 Å². The highest BCUT2D eigenvalue weighted by Gasteiger charge is 2.28. The van der Waals surface area contributed by atoms with Gasteiger partial charge < -0.3 is 4.90 Å². The number of rotatable bonds is 4. The zero-order valence-corrected chi connectivity index (χ0v) is 11.7. The van der Waals surface area contributed by atoms with E-state index in [0.29, 0.717) is 28.7 Å². The van der Waals surface area contributed by atoms with Gasteiger partial charge in [-0.2, -0.15) is 0 Å². The number of anilines is 1. The summed E-state index contributed by atoms with van der Waals surface area (Å²) in [6, 6.07) is 0. The first kappa shape index (κ1) is 12.7. The number of hydrogen-bond donors (Lipinski definition) is 0. The van der Waals surface area contributed by atoms with Crippen LogP contribution >= 0.6 is 15.9 Å². The van der Waals surface area contributed by atoms with E-state index in [1.54, 1.807) is 0 Å². The number of hydrogen-bond acceptors (Lipinski definition) is 3. The lowest BCUT2D eigenvalue weighted by Gasteiger charge is -2.34. The van der Waals surface area contributed by atoms with Crippen molar-refractivity contribution in [3.63, 3.8) is 0 Å². The summed E-state index contributed by atoms with van der Waals surface area (Å²) in [5.41, 5.74) is 0.494. The Balaban J connectivity index is 2.05. The molecule has 1 saturated carbocycles. The van der Waals surface area contributed by atoms with Crippen LogP contribution in [0.1, 0.15) is 25.5 Å². The Bertz CT molecular complexity index is 393. The Morgan fingerprint density at radius 2 is 2.18 bits per heavy atom. The van der Waals surface area contributed by atoms with Crippen molar-refractivity contribution in [2.45, 2.75) is 31.0 Å². The van der Waals surface area contributed by atoms with E-state index >= 15 is 0 Å². The normalized spacial score (nSPS) is 23.3. The van der Waals surface area contributed by atoms with Crippen LogP contribution < -0.4 is 4.90 Å². The molecular weight excluding hydrogens is 285 g/mol. The van der Waals surface area contributed by atoms with Crippen molar-refractivity contribution in [2.24, 2.45) is 5.92 Å². The minimum Gasteiger partial charge on any atom is -0.357 e. The molecule has 1 aromatic rings. The quantitative estimate of drug-likeness (QED) is 0.801. The molecule has 0 radical (unpaired) electrons. The first-order valence-corrected chi connectivity index (χ1v) is 6.88. The predicted molar refractivity (Wildman–Crippen MR) is 70.1 cm³/mol. The van der Waals surface area contributed by atoms with Crippen LogP contribution in [0.5, 0.6) is 0 Å². The number of aromatic nitrogens is 2. The fourth-order valence-electron chi connectivity index (χ4n) is 2.19. The predicted octanol–water partition coefficient (Wildman–Crippen LogP) is 2.79. The van der Waals surface area contributed by atoms with E-state index in [4.69, 9.17) is 0 Å². The highest BCUT2D eigenvalue weighted by molar-refractivity contribution is 9.09. The van der Waals surface area contributed by atoms with Crippen molar-refractivity contribution >= 4 is 21.7 Å². The summed E-state index contributed by atoms with van der Waals surface area (Å²) in [7, 11) is 1.90. The Morgan fingerprint density at radius 3 is 2.76 bits per heavy atom. The van der Waals surface area contributed by atoms with Crippen molar-refractivity contribution in [3.8, 4) is 0 Å². The summed E-state index contributed by atoms with van der Waals surface area (Å²) in [5, 5.41) is 0. The molecule has 0 atom stereocenters. The van der Waals surface area contributed by atoms with Gasteiger partial charge in [-0.25, -0.2) is 14.4 Å². The van der Waals surface area contributed by atoms with Crippen molar-refractivity contribution in [1.29, 1.82) is 0 Å². The second-order valence-corrected chi connectivity index (χ2v) is 5.92. The molecule has 94 valence electrons. The van der Waals surface area contributed by atoms with Crippen molar-refractivity contribution in [1.82, 2.24) is 9.97 Å². The molecule has 0 amide bonds. The fourth-order valence-corrected chi connectivity index (χ4v) is 3.24. The molecule has 1 fully saturated rings. The maximum absolute atomic E-state index is 14.0. The van der Waals surface area contributed by atoms with E-state index < -0.39 is 0 Å². The van der Waals surface area contributed by atoms with Crippen molar-refractivity contribution in [2.75, 3.05) is 18.5 Å². The Hall–Kier alpha value is -0.710. The lowest BCUT2D eigenvalue weighted by atomic mass is 9.85. The molecule has 1 aliphatic carbocycles. The van der Waals surface area contributed by atoms with Crippen LogP contribution in [0.25, 0.3) is 0 Å². The van der Waals surface area contributed by atoms with Gasteiger partial charge in [0.05, 0.1) is 5.69 Å². The summed E-state index contributed by atoms with van der Waals surface area (Å²) in [4.78, 5) is 10.5. The molecule has 0 unspecified atom stereocenters. The van der Waals surface area contributed by atoms with Crippen molar-refractivity contribution < 1.29 is 4.39 Å². The molecule has 0 saturated heterocycles. The number of halogens is 2. The molecule has 0 aliphatic heterocycles. The average Bonchev–Trinajstić information content (AvgIpc) is 2.27. The Morgan fingerprint density at radius 1 is 1.47 bits per heavy atom. The van der Waals surface area contributed by atoms with Crippen LogP contribution in [0.3, 0.4) is 0 Å². The molecule has 3 nitrogen and oxygen atoms in total. The molecule has 1 heterocycles. The Labute approximate surface area is 110 Å². The highest BCUT2D eigenvalue weighted by atomic mass is 79.9. The Kier molecular flexibility index (Phi) is 3.97. The molecule has 0 spiro atoms. The average molecular weight is 302 g/mol. The van der Waals surface area contributed by atoms with E-state index in [2.05, 4.69) is 25.9 Å². The van der Waals surface area contributed by atoms with Gasteiger partial charge in [-0.3, -0.25) is 0 Å². The van der Waals surface area contributed by atoms with Crippen LogP contribution in [0, 0.1) is 11.7 Å². The van der Waals surface area contributed by atoms with Crippen LogP contribution in [-0.2, 0) is 6.42 Å². The smallest absolute Gasteiger partial charge is 0.187 e. The standard InChI is InChI=1S/C12H17BrFN3/c1-3-10-11(14)12(16-7-15-10)17(2)6-8-4-9(13)5-8/h7-9H,3-6H2,1-2H3. The SMILES string of the molecule is CCc1ncnc(N(C)CC2CC(Br)C2)c1F. The van der Waals surface area contributed by atoms with Gasteiger partial charge in [0.1, 0.15) is 6.33 Å². The fraction of sp³-hybridized carbons (Fsp3) is 0.667. The topological polar surface area (TPSA) is 29.0 Å². The van der Waals surface area contributed by atoms with Gasteiger partial charge in [-0.05, 0) is 25.2 Å². The van der Waals surface area contributed by atoms with Gasteiger partial charge in [0.2, 0.25) is 0 Å². The molecule has 1 aromatic heterocycles. The first-order chi connectivity index (χ1) is 8.11. The van der Waals surface area contributed by atoms with Crippen LogP contribution in [0.2, 0.25) is 0 Å². The summed E-state index contributed by atoms with van der Waals surface area (Å²) >= 11 is 3.57. The highest BCUT2D eigenvalue weighted by Crippen LogP contribution is 2.34. The number of aryl methyl sites for hydroxylation is 1. The van der Waals surface area contributed by atoms with E-state index in [9.17, 15) is 4.39 Å². The van der Waals surface area contributed by atoms with Gasteiger partial charge in [-0.1, -0.05) is 22.9 Å². The van der Waals surface area contributed by atoms with Gasteiger partial charge in [0, 0.05) is 18.4 Å². The second-order valence-electron chi connectivity index (χ2n) is 4.63. The van der Waals surface area contributed by atoms with Crippen LogP contribution in [-0.4, -0.2) is 28.4 Å². The summed E-state index contributed by atoms with van der Waals surface area (Å²) in [6.07, 6.45) is 4.37. The third-order valence-electron chi connectivity index (χ3n) is 3.25. The minimum atomic E-state index is -0.271. The summed E-state index contributed by atoms with van der Waals surface area (Å²) in [5.74, 6) is 0.797. The molecule has 0 bridgehead atoms. The maximum atomic E-state index is 14.0. The second kappa shape index (κ2) is 5.29. The third-order valence-corrected chi connectivity index (χ3v) is 4.00. The zero-order chi connectivity index (χ0) is 12.4. The molecule has 0 N–H and O–H groups in total. The molecule has 1 aliphatic rings. The summed E-state index contributed by atoms with van der Waals surface area (Å²) in [6.45, 7) is 2.76. The zero-order valence-electron chi connectivity index (χ0n) is 10.2. The molecule has 2 rings (SSSR count). The van der Waals surface area contributed by atoms with Gasteiger partial charge in [0.25, 0.3) is 0 Å². The van der Waals surface area contributed by atoms with Gasteiger partial charge in [-0.15, -0.1) is 0 Å². The molecule has 5 heteroatoms. The van der Waals surface area contributed by atoms with Crippen molar-refractivity contribution in [3.05, 3.63) is 17.8 Å². The summed E-state index contributed by atoms with van der Waals surface area (Å²) < 4.78 is 14.0. The third kappa shape index (κ3) is 2.76. The maximum Gasteiger partial charge on any atom is 0.187 e. The lowest BCUT2D eigenvalue weighted by Crippen LogP contribution is -2.35. The molecular formula is C12H17BrFN3. The van der Waals surface area contributed by atoms with E-state index in [-0.39, 0.29) is 5.82 Å². The monoisotopic (exact) mass is 301 g/mol. The molecule has 0 aromatic carbocycles. The van der Waals surface area contributed by atoms with E-state index in [1.807, 2.05) is 18.9 Å². The van der Waals surface area contributed by atoms with E-state index in [1.165, 1.54) is 6.33 Å². The number of nitrogens with zero attached hydrogens (tertiary/aromatic N) is 3. The first-order valence-electron chi connectivity index (χ1n) is 5.96. The molecule has 17 heavy (non-hydrogen) atoms. The largest absolute Gasteiger partial charge is 0.357 e. The van der Waals surface area contributed by atoms with E-state index in [0.717, 1.165) is 19.4 Å². The minimum absolute atomic E-state index is 0.271. The lowest BCUT2D eigenvalue weighted by molar-refractivity contribution is 0.337. The number of alkyl halides is 1. The van der Waals surface area contributed by atoms with Crippen LogP contribution in [0.15, 0.2) is 6.33 Å². The van der Waals surface area contributed by atoms with Gasteiger partial charge in [0.15, 0.2) is 11.6 Å².